The van der Waals surface area contributed by atoms with E-state index in [-0.39, 0.29) is 29.0 Å². The lowest BCUT2D eigenvalue weighted by molar-refractivity contribution is -0.132. The minimum atomic E-state index is -1.60. The third-order valence-corrected chi connectivity index (χ3v) is 6.52. The van der Waals surface area contributed by atoms with Crippen molar-refractivity contribution in [1.82, 2.24) is 15.6 Å². The SMILES string of the molecule is CC(=O)[C@@](CCCCN)(NC(=O)C1CCCNC1)C(=O)c1nc2ccccc2s1. The van der Waals surface area contributed by atoms with Crippen LogP contribution in [0.2, 0.25) is 0 Å². The van der Waals surface area contributed by atoms with Gasteiger partial charge in [-0.25, -0.2) is 4.98 Å². The van der Waals surface area contributed by atoms with E-state index in [9.17, 15) is 14.4 Å². The Labute approximate surface area is 174 Å². The summed E-state index contributed by atoms with van der Waals surface area (Å²) in [6, 6.07) is 7.46. The molecule has 0 aliphatic carbocycles. The number of ketones is 2. The fourth-order valence-electron chi connectivity index (χ4n) is 3.73. The molecule has 4 N–H and O–H groups in total. The summed E-state index contributed by atoms with van der Waals surface area (Å²) in [5.74, 6) is -1.30. The molecule has 0 bridgehead atoms. The van der Waals surface area contributed by atoms with Crippen LogP contribution in [-0.2, 0) is 9.59 Å². The number of para-hydroxylation sites is 1. The van der Waals surface area contributed by atoms with Crippen molar-refractivity contribution in [3.8, 4) is 0 Å². The summed E-state index contributed by atoms with van der Waals surface area (Å²) < 4.78 is 0.873. The molecule has 0 spiro atoms. The molecule has 1 saturated heterocycles. The molecule has 1 aliphatic rings. The normalized spacial score (nSPS) is 18.9. The zero-order valence-electron chi connectivity index (χ0n) is 16.7. The van der Waals surface area contributed by atoms with Crippen molar-refractivity contribution in [2.24, 2.45) is 11.7 Å². The topological polar surface area (TPSA) is 114 Å². The highest BCUT2D eigenvalue weighted by molar-refractivity contribution is 7.20. The Morgan fingerprint density at radius 2 is 2.10 bits per heavy atom. The molecule has 2 atom stereocenters. The largest absolute Gasteiger partial charge is 0.337 e. The first-order valence-corrected chi connectivity index (χ1v) is 10.9. The number of hydrogen-bond donors (Lipinski definition) is 3. The number of benzene rings is 1. The summed E-state index contributed by atoms with van der Waals surface area (Å²) in [7, 11) is 0. The number of hydrogen-bond acceptors (Lipinski definition) is 7. The van der Waals surface area contributed by atoms with Crippen LogP contribution < -0.4 is 16.4 Å². The Hall–Kier alpha value is -2.16. The van der Waals surface area contributed by atoms with Crippen LogP contribution in [0.4, 0.5) is 0 Å². The second kappa shape index (κ2) is 9.56. The highest BCUT2D eigenvalue weighted by Gasteiger charge is 2.46. The van der Waals surface area contributed by atoms with Gasteiger partial charge in [0, 0.05) is 6.54 Å². The van der Waals surface area contributed by atoms with Gasteiger partial charge >= 0.3 is 0 Å². The van der Waals surface area contributed by atoms with Gasteiger partial charge < -0.3 is 16.4 Å². The zero-order valence-corrected chi connectivity index (χ0v) is 17.5. The quantitative estimate of drug-likeness (QED) is 0.327. The average molecular weight is 417 g/mol. The van der Waals surface area contributed by atoms with Gasteiger partial charge in [0.25, 0.3) is 0 Å². The standard InChI is InChI=1S/C21H28N4O3S/c1-14(26)21(10-4-5-11-22,25-19(28)15-7-6-12-23-13-15)18(27)20-24-16-8-2-3-9-17(16)29-20/h2-3,8-9,15,23H,4-7,10-13,22H2,1H3,(H,25,28)/t15?,21-/m1/s1. The van der Waals surface area contributed by atoms with Crippen molar-refractivity contribution in [3.05, 3.63) is 29.3 Å². The maximum Gasteiger partial charge on any atom is 0.225 e. The van der Waals surface area contributed by atoms with E-state index >= 15 is 0 Å². The average Bonchev–Trinajstić information content (AvgIpc) is 3.17. The number of carbonyl (C=O) groups excluding carboxylic acids is 3. The van der Waals surface area contributed by atoms with Gasteiger partial charge in [0.2, 0.25) is 11.7 Å². The van der Waals surface area contributed by atoms with Crippen molar-refractivity contribution in [3.63, 3.8) is 0 Å². The number of nitrogens with one attached hydrogen (secondary N) is 2. The van der Waals surface area contributed by atoms with Crippen LogP contribution in [-0.4, -0.2) is 47.6 Å². The first kappa shape index (κ1) is 21.5. The molecule has 1 aromatic heterocycles. The molecule has 8 heteroatoms. The number of amides is 1. The Bertz CT molecular complexity index is 858. The number of nitrogens with zero attached hydrogens (tertiary/aromatic N) is 1. The molecular formula is C21H28N4O3S. The molecule has 0 saturated carbocycles. The maximum atomic E-state index is 13.6. The van der Waals surface area contributed by atoms with Gasteiger partial charge in [0.1, 0.15) is 0 Å². The fraction of sp³-hybridized carbons (Fsp3) is 0.524. The van der Waals surface area contributed by atoms with Gasteiger partial charge in [-0.15, -0.1) is 11.3 Å². The molecule has 1 amide bonds. The number of piperidine rings is 1. The van der Waals surface area contributed by atoms with E-state index in [2.05, 4.69) is 15.6 Å². The maximum absolute atomic E-state index is 13.6. The lowest BCUT2D eigenvalue weighted by atomic mass is 9.83. The van der Waals surface area contributed by atoms with Crippen molar-refractivity contribution < 1.29 is 14.4 Å². The predicted molar refractivity (Wildman–Crippen MR) is 114 cm³/mol. The monoisotopic (exact) mass is 416 g/mol. The minimum Gasteiger partial charge on any atom is -0.337 e. The van der Waals surface area contributed by atoms with Gasteiger partial charge in [0.05, 0.1) is 16.1 Å². The fourth-order valence-corrected chi connectivity index (χ4v) is 4.72. The van der Waals surface area contributed by atoms with Crippen LogP contribution in [0.25, 0.3) is 10.2 Å². The van der Waals surface area contributed by atoms with E-state index in [0.717, 1.165) is 24.1 Å². The lowest BCUT2D eigenvalue weighted by Crippen LogP contribution is -2.61. The summed E-state index contributed by atoms with van der Waals surface area (Å²) in [5.41, 5.74) is 4.73. The molecule has 1 fully saturated rings. The van der Waals surface area contributed by atoms with Crippen LogP contribution in [0.1, 0.15) is 48.8 Å². The van der Waals surface area contributed by atoms with Crippen LogP contribution in [0.15, 0.2) is 24.3 Å². The van der Waals surface area contributed by atoms with Crippen molar-refractivity contribution >= 4 is 39.0 Å². The van der Waals surface area contributed by atoms with Gasteiger partial charge in [-0.05, 0) is 64.3 Å². The molecule has 7 nitrogen and oxygen atoms in total. The molecule has 2 heterocycles. The van der Waals surface area contributed by atoms with Crippen LogP contribution in [0, 0.1) is 5.92 Å². The van der Waals surface area contributed by atoms with E-state index in [4.69, 9.17) is 5.73 Å². The summed E-state index contributed by atoms with van der Waals surface area (Å²) >= 11 is 1.25. The highest BCUT2D eigenvalue weighted by Crippen LogP contribution is 2.29. The Morgan fingerprint density at radius 3 is 2.76 bits per heavy atom. The van der Waals surface area contributed by atoms with Gasteiger partial charge in [-0.3, -0.25) is 14.4 Å². The molecule has 156 valence electrons. The lowest BCUT2D eigenvalue weighted by Gasteiger charge is -2.33. The molecule has 29 heavy (non-hydrogen) atoms. The van der Waals surface area contributed by atoms with Crippen LogP contribution in [0.5, 0.6) is 0 Å². The summed E-state index contributed by atoms with van der Waals surface area (Å²) in [5, 5.41) is 6.30. The third kappa shape index (κ3) is 4.71. The number of fused-ring (bicyclic) bond motifs is 1. The molecule has 0 radical (unpaired) electrons. The third-order valence-electron chi connectivity index (χ3n) is 5.49. The summed E-state index contributed by atoms with van der Waals surface area (Å²) in [6.07, 6.45) is 3.09. The Kier molecular flexibility index (Phi) is 7.10. The number of rotatable bonds is 9. The van der Waals surface area contributed by atoms with Crippen molar-refractivity contribution in [2.75, 3.05) is 19.6 Å². The molecule has 2 aromatic rings. The Morgan fingerprint density at radius 1 is 1.31 bits per heavy atom. The van der Waals surface area contributed by atoms with E-state index in [1.807, 2.05) is 24.3 Å². The number of nitrogens with two attached hydrogens (primary N) is 1. The van der Waals surface area contributed by atoms with Crippen LogP contribution in [0.3, 0.4) is 0 Å². The molecule has 3 rings (SSSR count). The molecule has 1 unspecified atom stereocenters. The summed E-state index contributed by atoms with van der Waals surface area (Å²) in [6.45, 7) is 3.26. The first-order chi connectivity index (χ1) is 14.0. The predicted octanol–water partition coefficient (Wildman–Crippen LogP) is 2.05. The van der Waals surface area contributed by atoms with E-state index < -0.39 is 11.3 Å². The number of Topliss-reactive ketones (excluding diaryl/α,β-unsaturated/α-hetero) is 2. The summed E-state index contributed by atoms with van der Waals surface area (Å²) in [4.78, 5) is 43.8. The molecular weight excluding hydrogens is 388 g/mol. The van der Waals surface area contributed by atoms with E-state index in [0.29, 0.717) is 31.4 Å². The number of thiazole rings is 1. The second-order valence-corrected chi connectivity index (χ2v) is 8.59. The second-order valence-electron chi connectivity index (χ2n) is 7.56. The van der Waals surface area contributed by atoms with Gasteiger partial charge in [-0.1, -0.05) is 12.1 Å². The minimum absolute atomic E-state index is 0.222. The van der Waals surface area contributed by atoms with Gasteiger partial charge in [-0.2, -0.15) is 0 Å². The first-order valence-electron chi connectivity index (χ1n) is 10.1. The zero-order chi connectivity index (χ0) is 20.9. The number of aromatic nitrogens is 1. The van der Waals surface area contributed by atoms with E-state index in [1.165, 1.54) is 18.3 Å². The van der Waals surface area contributed by atoms with Crippen molar-refractivity contribution in [2.45, 2.75) is 44.6 Å². The molecule has 1 aliphatic heterocycles. The van der Waals surface area contributed by atoms with Gasteiger partial charge in [0.15, 0.2) is 16.3 Å². The number of unbranched alkanes of at least 4 members (excludes halogenated alkanes) is 1. The highest BCUT2D eigenvalue weighted by atomic mass is 32.1. The van der Waals surface area contributed by atoms with Crippen LogP contribution >= 0.6 is 11.3 Å². The van der Waals surface area contributed by atoms with E-state index in [1.54, 1.807) is 0 Å². The van der Waals surface area contributed by atoms with Crippen molar-refractivity contribution in [1.29, 1.82) is 0 Å². The molecule has 1 aromatic carbocycles. The Balaban J connectivity index is 1.94. The smallest absolute Gasteiger partial charge is 0.225 e. The number of carbonyl (C=O) groups is 3.